The van der Waals surface area contributed by atoms with E-state index in [9.17, 15) is 5.11 Å². The first-order valence-corrected chi connectivity index (χ1v) is 7.92. The average molecular weight is 312 g/mol. The molecule has 3 rings (SSSR count). The van der Waals surface area contributed by atoms with E-state index in [0.29, 0.717) is 0 Å². The normalized spacial score (nSPS) is 17.0. The molecule has 2 heterocycles. The predicted octanol–water partition coefficient (Wildman–Crippen LogP) is 3.01. The van der Waals surface area contributed by atoms with E-state index in [-0.39, 0.29) is 11.4 Å². The van der Waals surface area contributed by atoms with Crippen molar-refractivity contribution >= 4 is 17.5 Å². The smallest absolute Gasteiger partial charge is 0.221 e. The second kappa shape index (κ2) is 5.20. The van der Waals surface area contributed by atoms with Crippen molar-refractivity contribution in [1.82, 2.24) is 9.97 Å². The summed E-state index contributed by atoms with van der Waals surface area (Å²) >= 11 is 0. The van der Waals surface area contributed by atoms with E-state index in [2.05, 4.69) is 27.0 Å². The molecule has 0 bridgehead atoms. The Kier molecular flexibility index (Phi) is 3.56. The van der Waals surface area contributed by atoms with Crippen molar-refractivity contribution in [2.45, 2.75) is 39.7 Å². The van der Waals surface area contributed by atoms with Crippen LogP contribution in [0.25, 0.3) is 0 Å². The molecule has 0 saturated carbocycles. The van der Waals surface area contributed by atoms with Crippen LogP contribution in [-0.4, -0.2) is 21.6 Å². The van der Waals surface area contributed by atoms with Crippen LogP contribution in [0.2, 0.25) is 0 Å². The summed E-state index contributed by atoms with van der Waals surface area (Å²) in [5, 5.41) is 11.0. The van der Waals surface area contributed by atoms with Gasteiger partial charge in [0.25, 0.3) is 0 Å². The summed E-state index contributed by atoms with van der Waals surface area (Å²) in [6, 6.07) is 8.07. The number of fused-ring (bicyclic) bond motifs is 1. The Hall–Kier alpha value is -2.14. The highest BCUT2D eigenvalue weighted by Gasteiger charge is 2.38. The van der Waals surface area contributed by atoms with Crippen LogP contribution < -0.4 is 10.6 Å². The third-order valence-electron chi connectivity index (χ3n) is 4.94. The standard InChI is InChI=1S/C18H24N4O/c1-17(2,3)18(4,23)13-6-5-12-8-10-22(14(12)11-13)15-7-9-20-16(19)21-15/h5-7,9,11,23H,8,10H2,1-4H3,(H2,19,20,21). The van der Waals surface area contributed by atoms with Crippen molar-refractivity contribution in [3.63, 3.8) is 0 Å². The number of rotatable bonds is 2. The molecular formula is C18H24N4O. The quantitative estimate of drug-likeness (QED) is 0.891. The molecule has 23 heavy (non-hydrogen) atoms. The molecule has 0 spiro atoms. The van der Waals surface area contributed by atoms with Crippen molar-refractivity contribution in [3.8, 4) is 0 Å². The van der Waals surface area contributed by atoms with E-state index >= 15 is 0 Å². The number of nitrogen functional groups attached to an aromatic ring is 1. The first-order chi connectivity index (χ1) is 10.7. The second-order valence-electron chi connectivity index (χ2n) is 7.34. The van der Waals surface area contributed by atoms with Gasteiger partial charge in [-0.05, 0) is 42.0 Å². The molecule has 1 aliphatic rings. The third-order valence-corrected chi connectivity index (χ3v) is 4.94. The fourth-order valence-electron chi connectivity index (χ4n) is 2.87. The van der Waals surface area contributed by atoms with Crippen molar-refractivity contribution in [3.05, 3.63) is 41.6 Å². The molecule has 0 fully saturated rings. The lowest BCUT2D eigenvalue weighted by Gasteiger charge is -2.38. The molecule has 122 valence electrons. The summed E-state index contributed by atoms with van der Waals surface area (Å²) in [6.07, 6.45) is 2.63. The molecule has 1 aromatic heterocycles. The lowest BCUT2D eigenvalue weighted by atomic mass is 9.73. The molecule has 1 atom stereocenters. The number of aliphatic hydroxyl groups is 1. The van der Waals surface area contributed by atoms with Crippen molar-refractivity contribution in [1.29, 1.82) is 0 Å². The minimum absolute atomic E-state index is 0.260. The highest BCUT2D eigenvalue weighted by atomic mass is 16.3. The zero-order valence-electron chi connectivity index (χ0n) is 14.2. The van der Waals surface area contributed by atoms with E-state index in [0.717, 1.165) is 30.0 Å². The van der Waals surface area contributed by atoms with Gasteiger partial charge in [0.1, 0.15) is 5.82 Å². The van der Waals surface area contributed by atoms with Gasteiger partial charge in [-0.2, -0.15) is 4.98 Å². The Morgan fingerprint density at radius 1 is 1.17 bits per heavy atom. The van der Waals surface area contributed by atoms with Crippen LogP contribution in [0.15, 0.2) is 30.5 Å². The Balaban J connectivity index is 2.04. The van der Waals surface area contributed by atoms with Crippen molar-refractivity contribution in [2.75, 3.05) is 17.2 Å². The lowest BCUT2D eigenvalue weighted by molar-refractivity contribution is -0.0469. The summed E-state index contributed by atoms with van der Waals surface area (Å²) < 4.78 is 0. The Morgan fingerprint density at radius 3 is 2.57 bits per heavy atom. The first kappa shape index (κ1) is 15.7. The number of hydrogen-bond acceptors (Lipinski definition) is 5. The molecule has 1 aliphatic heterocycles. The number of nitrogens with two attached hydrogens (primary N) is 1. The van der Waals surface area contributed by atoms with Crippen LogP contribution in [0.1, 0.15) is 38.8 Å². The Labute approximate surface area is 137 Å². The van der Waals surface area contributed by atoms with Gasteiger partial charge in [-0.1, -0.05) is 32.9 Å². The Bertz CT molecular complexity index is 734. The van der Waals surface area contributed by atoms with Crippen LogP contribution in [0.4, 0.5) is 17.5 Å². The monoisotopic (exact) mass is 312 g/mol. The number of anilines is 3. The average Bonchev–Trinajstić information content (AvgIpc) is 2.89. The first-order valence-electron chi connectivity index (χ1n) is 7.92. The largest absolute Gasteiger partial charge is 0.385 e. The van der Waals surface area contributed by atoms with Gasteiger partial charge in [0.05, 0.1) is 5.60 Å². The molecule has 0 saturated heterocycles. The van der Waals surface area contributed by atoms with Gasteiger partial charge in [-0.3, -0.25) is 0 Å². The van der Waals surface area contributed by atoms with Gasteiger partial charge in [-0.15, -0.1) is 0 Å². The molecular weight excluding hydrogens is 288 g/mol. The van der Waals surface area contributed by atoms with Gasteiger partial charge in [-0.25, -0.2) is 4.98 Å². The molecule has 5 heteroatoms. The second-order valence-corrected chi connectivity index (χ2v) is 7.34. The fraction of sp³-hybridized carbons (Fsp3) is 0.444. The fourth-order valence-corrected chi connectivity index (χ4v) is 2.87. The zero-order chi connectivity index (χ0) is 16.8. The molecule has 3 N–H and O–H groups in total. The SMILES string of the molecule is CC(C)(C)C(C)(O)c1ccc2c(c1)N(c1ccnc(N)n1)CC2. The molecule has 5 nitrogen and oxygen atoms in total. The minimum Gasteiger partial charge on any atom is -0.385 e. The highest BCUT2D eigenvalue weighted by molar-refractivity contribution is 5.69. The molecule has 0 aliphatic carbocycles. The summed E-state index contributed by atoms with van der Waals surface area (Å²) in [4.78, 5) is 10.4. The van der Waals surface area contributed by atoms with E-state index in [1.807, 2.05) is 39.8 Å². The molecule has 0 radical (unpaired) electrons. The van der Waals surface area contributed by atoms with Crippen LogP contribution in [-0.2, 0) is 12.0 Å². The van der Waals surface area contributed by atoms with Crippen LogP contribution in [0, 0.1) is 5.41 Å². The summed E-state index contributed by atoms with van der Waals surface area (Å²) in [5.41, 5.74) is 7.80. The van der Waals surface area contributed by atoms with Crippen LogP contribution in [0.5, 0.6) is 0 Å². The van der Waals surface area contributed by atoms with E-state index in [1.54, 1.807) is 6.20 Å². The number of aromatic nitrogens is 2. The third kappa shape index (κ3) is 2.65. The molecule has 2 aromatic rings. The van der Waals surface area contributed by atoms with Gasteiger partial charge < -0.3 is 15.7 Å². The maximum Gasteiger partial charge on any atom is 0.221 e. The molecule has 1 unspecified atom stereocenters. The van der Waals surface area contributed by atoms with Crippen LogP contribution >= 0.6 is 0 Å². The Morgan fingerprint density at radius 2 is 1.91 bits per heavy atom. The molecule has 1 aromatic carbocycles. The van der Waals surface area contributed by atoms with E-state index < -0.39 is 5.60 Å². The summed E-state index contributed by atoms with van der Waals surface area (Å²) in [7, 11) is 0. The van der Waals surface area contributed by atoms with Gasteiger partial charge in [0, 0.05) is 18.4 Å². The van der Waals surface area contributed by atoms with Gasteiger partial charge >= 0.3 is 0 Å². The maximum absolute atomic E-state index is 11.0. The van der Waals surface area contributed by atoms with Crippen molar-refractivity contribution in [2.24, 2.45) is 5.41 Å². The van der Waals surface area contributed by atoms with Crippen molar-refractivity contribution < 1.29 is 5.11 Å². The maximum atomic E-state index is 11.0. The van der Waals surface area contributed by atoms with Gasteiger partial charge in [0.15, 0.2) is 0 Å². The zero-order valence-corrected chi connectivity index (χ0v) is 14.2. The number of benzene rings is 1. The summed E-state index contributed by atoms with van der Waals surface area (Å²) in [6.45, 7) is 8.86. The molecule has 0 amide bonds. The lowest BCUT2D eigenvalue weighted by Crippen LogP contribution is -2.36. The number of hydrogen-bond donors (Lipinski definition) is 2. The topological polar surface area (TPSA) is 75.3 Å². The highest BCUT2D eigenvalue weighted by Crippen LogP contribution is 2.42. The van der Waals surface area contributed by atoms with E-state index in [4.69, 9.17) is 5.73 Å². The van der Waals surface area contributed by atoms with Gasteiger partial charge in [0.2, 0.25) is 5.95 Å². The predicted molar refractivity (Wildman–Crippen MR) is 92.6 cm³/mol. The number of nitrogens with zero attached hydrogens (tertiary/aromatic N) is 3. The van der Waals surface area contributed by atoms with Crippen LogP contribution in [0.3, 0.4) is 0 Å². The summed E-state index contributed by atoms with van der Waals surface area (Å²) in [5.74, 6) is 1.07. The van der Waals surface area contributed by atoms with E-state index in [1.165, 1.54) is 5.56 Å². The minimum atomic E-state index is -0.916.